The second-order valence-corrected chi connectivity index (χ2v) is 4.14. The minimum atomic E-state index is 0.227. The minimum absolute atomic E-state index is 0.227. The van der Waals surface area contributed by atoms with Crippen molar-refractivity contribution in [2.75, 3.05) is 39.3 Å². The minimum Gasteiger partial charge on any atom is -0.301 e. The first-order valence-corrected chi connectivity index (χ1v) is 5.44. The molecule has 0 spiro atoms. The zero-order valence-electron chi connectivity index (χ0n) is 9.21. The van der Waals surface area contributed by atoms with Crippen LogP contribution in [0.4, 0.5) is 4.53 Å². The highest BCUT2D eigenvalue weighted by Crippen LogP contribution is 2.05. The Morgan fingerprint density at radius 3 is 2.36 bits per heavy atom. The van der Waals surface area contributed by atoms with E-state index in [2.05, 4.69) is 28.6 Å². The molecule has 0 atom stereocenters. The Bertz CT molecular complexity index is 147. The summed E-state index contributed by atoms with van der Waals surface area (Å²) in [5.74, 6) is 0. The Balaban J connectivity index is 2.09. The highest BCUT2D eigenvalue weighted by Gasteiger charge is 2.17. The summed E-state index contributed by atoms with van der Waals surface area (Å²) in [7, 11) is 0. The number of halogens is 1. The van der Waals surface area contributed by atoms with E-state index in [0.29, 0.717) is 6.04 Å². The van der Waals surface area contributed by atoms with E-state index in [0.717, 1.165) is 39.1 Å². The van der Waals surface area contributed by atoms with Crippen LogP contribution in [0, 0.1) is 0 Å². The lowest BCUT2D eigenvalue weighted by atomic mass is 10.2. The zero-order chi connectivity index (χ0) is 10.4. The molecule has 0 unspecified atom stereocenters. The van der Waals surface area contributed by atoms with Gasteiger partial charge in [0.1, 0.15) is 0 Å². The van der Waals surface area contributed by atoms with Crippen molar-refractivity contribution in [1.82, 2.24) is 9.80 Å². The third-order valence-electron chi connectivity index (χ3n) is 2.83. The van der Waals surface area contributed by atoms with Crippen molar-refractivity contribution in [3.05, 3.63) is 0 Å². The molecule has 0 aromatic heterocycles. The molecular formula is C10H21FN2O. The Kier molecular flexibility index (Phi) is 5.37. The molecule has 0 saturated carbocycles. The van der Waals surface area contributed by atoms with Gasteiger partial charge >= 0.3 is 0 Å². The molecule has 4 heteroatoms. The fourth-order valence-corrected chi connectivity index (χ4v) is 1.85. The van der Waals surface area contributed by atoms with Crippen LogP contribution in [0.5, 0.6) is 0 Å². The van der Waals surface area contributed by atoms with Gasteiger partial charge in [0.25, 0.3) is 0 Å². The van der Waals surface area contributed by atoms with Crippen molar-refractivity contribution in [2.24, 2.45) is 0 Å². The molecule has 3 nitrogen and oxygen atoms in total. The van der Waals surface area contributed by atoms with Crippen molar-refractivity contribution < 1.29 is 9.47 Å². The Labute approximate surface area is 85.7 Å². The van der Waals surface area contributed by atoms with E-state index in [1.54, 1.807) is 0 Å². The quantitative estimate of drug-likeness (QED) is 0.628. The summed E-state index contributed by atoms with van der Waals surface area (Å²) >= 11 is 0. The number of piperazine rings is 1. The van der Waals surface area contributed by atoms with Gasteiger partial charge in [0.15, 0.2) is 0 Å². The SMILES string of the molecule is CC(C)N1CCN(CCCOF)CC1. The number of rotatable bonds is 5. The zero-order valence-corrected chi connectivity index (χ0v) is 9.21. The van der Waals surface area contributed by atoms with Crippen LogP contribution in [-0.4, -0.2) is 55.2 Å². The van der Waals surface area contributed by atoms with E-state index in [-0.39, 0.29) is 6.61 Å². The van der Waals surface area contributed by atoms with Crippen LogP contribution in [0.15, 0.2) is 0 Å². The number of hydrogen-bond acceptors (Lipinski definition) is 3. The second-order valence-electron chi connectivity index (χ2n) is 4.14. The highest BCUT2D eigenvalue weighted by molar-refractivity contribution is 4.73. The Morgan fingerprint density at radius 1 is 1.21 bits per heavy atom. The third kappa shape index (κ3) is 3.90. The van der Waals surface area contributed by atoms with Gasteiger partial charge in [-0.25, -0.2) is 0 Å². The van der Waals surface area contributed by atoms with E-state index in [9.17, 15) is 4.53 Å². The fourth-order valence-electron chi connectivity index (χ4n) is 1.85. The standard InChI is InChI=1S/C10H21FN2O/c1-10(2)13-7-5-12(6-8-13)4-3-9-14-11/h10H,3-9H2,1-2H3. The topological polar surface area (TPSA) is 15.7 Å². The predicted molar refractivity (Wildman–Crippen MR) is 54.8 cm³/mol. The van der Waals surface area contributed by atoms with Gasteiger partial charge in [0.2, 0.25) is 0 Å². The van der Waals surface area contributed by atoms with E-state index < -0.39 is 0 Å². The molecule has 1 rings (SSSR count). The normalized spacial score (nSPS) is 20.6. The molecule has 1 heterocycles. The van der Waals surface area contributed by atoms with Crippen LogP contribution in [-0.2, 0) is 4.94 Å². The average molecular weight is 204 g/mol. The van der Waals surface area contributed by atoms with E-state index in [1.165, 1.54) is 0 Å². The molecule has 0 aromatic carbocycles. The molecule has 14 heavy (non-hydrogen) atoms. The van der Waals surface area contributed by atoms with Crippen molar-refractivity contribution in [3.63, 3.8) is 0 Å². The molecular weight excluding hydrogens is 183 g/mol. The van der Waals surface area contributed by atoms with Gasteiger partial charge in [-0.05, 0) is 24.8 Å². The van der Waals surface area contributed by atoms with Crippen LogP contribution in [0.2, 0.25) is 0 Å². The van der Waals surface area contributed by atoms with Gasteiger partial charge in [-0.15, -0.1) is 0 Å². The summed E-state index contributed by atoms with van der Waals surface area (Å²) in [5, 5.41) is 0. The molecule has 0 bridgehead atoms. The van der Waals surface area contributed by atoms with Crippen molar-refractivity contribution in [3.8, 4) is 0 Å². The van der Waals surface area contributed by atoms with E-state index >= 15 is 0 Å². The summed E-state index contributed by atoms with van der Waals surface area (Å²) in [6.45, 7) is 10.1. The smallest absolute Gasteiger partial charge is 0.0888 e. The van der Waals surface area contributed by atoms with E-state index in [1.807, 2.05) is 0 Å². The monoisotopic (exact) mass is 204 g/mol. The number of nitrogens with zero attached hydrogens (tertiary/aromatic N) is 2. The summed E-state index contributed by atoms with van der Waals surface area (Å²) in [6, 6.07) is 0.645. The van der Waals surface area contributed by atoms with Crippen molar-refractivity contribution in [1.29, 1.82) is 0 Å². The molecule has 84 valence electrons. The molecule has 1 fully saturated rings. The van der Waals surface area contributed by atoms with Crippen LogP contribution in [0.3, 0.4) is 0 Å². The maximum Gasteiger partial charge on any atom is 0.0888 e. The van der Waals surface area contributed by atoms with Gasteiger partial charge in [-0.1, -0.05) is 0 Å². The summed E-state index contributed by atoms with van der Waals surface area (Å²) < 4.78 is 11.4. The van der Waals surface area contributed by atoms with Gasteiger partial charge < -0.3 is 4.90 Å². The molecule has 0 N–H and O–H groups in total. The predicted octanol–water partition coefficient (Wildman–Crippen LogP) is 1.30. The summed E-state index contributed by atoms with van der Waals surface area (Å²) in [6.07, 6.45) is 0.790. The Hall–Kier alpha value is -0.190. The molecule has 0 aromatic rings. The van der Waals surface area contributed by atoms with Crippen molar-refractivity contribution in [2.45, 2.75) is 26.3 Å². The van der Waals surface area contributed by atoms with Crippen LogP contribution in [0.1, 0.15) is 20.3 Å². The fraction of sp³-hybridized carbons (Fsp3) is 1.00. The Morgan fingerprint density at radius 2 is 1.86 bits per heavy atom. The molecule has 1 aliphatic rings. The lowest BCUT2D eigenvalue weighted by Gasteiger charge is -2.36. The molecule has 0 radical (unpaired) electrons. The first-order chi connectivity index (χ1) is 6.74. The van der Waals surface area contributed by atoms with Gasteiger partial charge in [0, 0.05) is 38.8 Å². The molecule has 1 saturated heterocycles. The average Bonchev–Trinajstić information content (AvgIpc) is 2.19. The lowest BCUT2D eigenvalue weighted by Crippen LogP contribution is -2.49. The van der Waals surface area contributed by atoms with Crippen LogP contribution >= 0.6 is 0 Å². The second kappa shape index (κ2) is 6.32. The van der Waals surface area contributed by atoms with E-state index in [4.69, 9.17) is 0 Å². The lowest BCUT2D eigenvalue weighted by molar-refractivity contribution is -0.134. The maximum atomic E-state index is 11.4. The van der Waals surface area contributed by atoms with Gasteiger partial charge in [0.05, 0.1) is 6.61 Å². The first kappa shape index (κ1) is 11.9. The van der Waals surface area contributed by atoms with Gasteiger partial charge in [-0.2, -0.15) is 4.94 Å². The molecule has 1 aliphatic heterocycles. The number of hydrogen-bond donors (Lipinski definition) is 0. The highest BCUT2D eigenvalue weighted by atomic mass is 19.3. The largest absolute Gasteiger partial charge is 0.301 e. The molecule has 0 aliphatic carbocycles. The summed E-state index contributed by atoms with van der Waals surface area (Å²) in [5.41, 5.74) is 0. The maximum absolute atomic E-state index is 11.4. The summed E-state index contributed by atoms with van der Waals surface area (Å²) in [4.78, 5) is 8.40. The van der Waals surface area contributed by atoms with Crippen molar-refractivity contribution >= 4 is 0 Å². The first-order valence-electron chi connectivity index (χ1n) is 5.44. The van der Waals surface area contributed by atoms with Gasteiger partial charge in [-0.3, -0.25) is 4.90 Å². The third-order valence-corrected chi connectivity index (χ3v) is 2.83. The molecule has 0 amide bonds. The van der Waals surface area contributed by atoms with Crippen LogP contribution < -0.4 is 0 Å². The van der Waals surface area contributed by atoms with Crippen LogP contribution in [0.25, 0.3) is 0 Å².